The van der Waals surface area contributed by atoms with Crippen molar-refractivity contribution in [3.63, 3.8) is 0 Å². The Morgan fingerprint density at radius 1 is 0.857 bits per heavy atom. The third kappa shape index (κ3) is 1.65. The summed E-state index contributed by atoms with van der Waals surface area (Å²) >= 11 is 0. The van der Waals surface area contributed by atoms with Crippen LogP contribution in [0, 0.1) is 19.8 Å². The zero-order chi connectivity index (χ0) is 10.1. The summed E-state index contributed by atoms with van der Waals surface area (Å²) in [5.41, 5.74) is 5.43. The van der Waals surface area contributed by atoms with E-state index >= 15 is 0 Å². The zero-order valence-electron chi connectivity index (χ0n) is 9.04. The number of benzene rings is 1. The third-order valence-electron chi connectivity index (χ3n) is 2.86. The van der Waals surface area contributed by atoms with Crippen LogP contribution >= 0.6 is 0 Å². The maximum atomic E-state index is 2.27. The fourth-order valence-electron chi connectivity index (χ4n) is 1.72. The molecule has 1 aromatic carbocycles. The van der Waals surface area contributed by atoms with Crippen LogP contribution in [-0.2, 0) is 0 Å². The van der Waals surface area contributed by atoms with Gasteiger partial charge in [0.15, 0.2) is 0 Å². The first kappa shape index (κ1) is 9.26. The van der Waals surface area contributed by atoms with Gasteiger partial charge in [-0.2, -0.15) is 0 Å². The standard InChI is InChI=1S/C14H16/c1-10-4-6-13-8-11(2)12(3)9-14(13)7-5-10/h4-10H,1-3H3. The molecule has 72 valence electrons. The van der Waals surface area contributed by atoms with Crippen molar-refractivity contribution in [3.8, 4) is 0 Å². The molecule has 0 radical (unpaired) electrons. The van der Waals surface area contributed by atoms with Crippen molar-refractivity contribution in [1.82, 2.24) is 0 Å². The highest BCUT2D eigenvalue weighted by molar-refractivity contribution is 5.69. The molecule has 0 heterocycles. The van der Waals surface area contributed by atoms with E-state index in [0.717, 1.165) is 0 Å². The molecule has 0 fully saturated rings. The van der Waals surface area contributed by atoms with Gasteiger partial charge in [-0.05, 0) is 42.0 Å². The molecule has 0 aromatic heterocycles. The second-order valence-electron chi connectivity index (χ2n) is 4.14. The van der Waals surface area contributed by atoms with Gasteiger partial charge in [-0.3, -0.25) is 0 Å². The molecule has 2 rings (SSSR count). The number of aryl methyl sites for hydroxylation is 2. The van der Waals surface area contributed by atoms with Crippen LogP contribution in [0.25, 0.3) is 12.2 Å². The molecule has 0 atom stereocenters. The van der Waals surface area contributed by atoms with E-state index in [-0.39, 0.29) is 0 Å². The lowest BCUT2D eigenvalue weighted by Crippen LogP contribution is -1.86. The molecule has 0 unspecified atom stereocenters. The van der Waals surface area contributed by atoms with Gasteiger partial charge in [0.05, 0.1) is 0 Å². The molecule has 0 N–H and O–H groups in total. The van der Waals surface area contributed by atoms with Crippen molar-refractivity contribution in [3.05, 3.63) is 46.5 Å². The van der Waals surface area contributed by atoms with Gasteiger partial charge in [0.1, 0.15) is 0 Å². The quantitative estimate of drug-likeness (QED) is 0.572. The molecule has 0 saturated carbocycles. The minimum atomic E-state index is 0.544. The minimum Gasteiger partial charge on any atom is -0.0773 e. The molecular formula is C14H16. The SMILES string of the molecule is Cc1cc2c(cc1C)C=CC(C)C=C2. The van der Waals surface area contributed by atoms with Crippen LogP contribution in [-0.4, -0.2) is 0 Å². The molecule has 1 aliphatic carbocycles. The molecular weight excluding hydrogens is 168 g/mol. The fraction of sp³-hybridized carbons (Fsp3) is 0.286. The van der Waals surface area contributed by atoms with E-state index in [4.69, 9.17) is 0 Å². The first-order valence-electron chi connectivity index (χ1n) is 5.14. The van der Waals surface area contributed by atoms with Crippen LogP contribution in [0.1, 0.15) is 29.2 Å². The Bertz CT molecular complexity index is 369. The van der Waals surface area contributed by atoms with Gasteiger partial charge in [-0.15, -0.1) is 0 Å². The van der Waals surface area contributed by atoms with Crippen LogP contribution in [0.3, 0.4) is 0 Å². The molecule has 1 aliphatic rings. The predicted octanol–water partition coefficient (Wildman–Crippen LogP) is 3.98. The average Bonchev–Trinajstić information content (AvgIpc) is 2.31. The average molecular weight is 184 g/mol. The fourth-order valence-corrected chi connectivity index (χ4v) is 1.72. The lowest BCUT2D eigenvalue weighted by molar-refractivity contribution is 0.954. The molecule has 0 amide bonds. The summed E-state index contributed by atoms with van der Waals surface area (Å²) in [5, 5.41) is 0. The number of hydrogen-bond donors (Lipinski definition) is 0. The maximum Gasteiger partial charge on any atom is -0.00752 e. The summed E-state index contributed by atoms with van der Waals surface area (Å²) in [6, 6.07) is 4.53. The van der Waals surface area contributed by atoms with Crippen LogP contribution in [0.4, 0.5) is 0 Å². The van der Waals surface area contributed by atoms with E-state index in [9.17, 15) is 0 Å². The van der Waals surface area contributed by atoms with E-state index in [2.05, 4.69) is 57.2 Å². The normalized spacial score (nSPS) is 15.4. The van der Waals surface area contributed by atoms with E-state index in [0.29, 0.717) is 5.92 Å². The first-order chi connectivity index (χ1) is 6.66. The Morgan fingerprint density at radius 2 is 1.29 bits per heavy atom. The molecule has 0 bridgehead atoms. The maximum absolute atomic E-state index is 2.27. The van der Waals surface area contributed by atoms with Crippen LogP contribution in [0.15, 0.2) is 24.3 Å². The van der Waals surface area contributed by atoms with Crippen molar-refractivity contribution in [1.29, 1.82) is 0 Å². The second-order valence-corrected chi connectivity index (χ2v) is 4.14. The van der Waals surface area contributed by atoms with Crippen molar-refractivity contribution in [2.45, 2.75) is 20.8 Å². The Labute approximate surface area is 86.0 Å². The summed E-state index contributed by atoms with van der Waals surface area (Å²) in [6.07, 6.45) is 8.95. The highest BCUT2D eigenvalue weighted by Crippen LogP contribution is 2.22. The second kappa shape index (κ2) is 3.45. The first-order valence-corrected chi connectivity index (χ1v) is 5.14. The van der Waals surface area contributed by atoms with Crippen molar-refractivity contribution in [2.24, 2.45) is 5.92 Å². The van der Waals surface area contributed by atoms with Crippen LogP contribution in [0.2, 0.25) is 0 Å². The smallest absolute Gasteiger partial charge is 0.00752 e. The number of fused-ring (bicyclic) bond motifs is 1. The largest absolute Gasteiger partial charge is 0.0773 e. The van der Waals surface area contributed by atoms with Gasteiger partial charge < -0.3 is 0 Å². The monoisotopic (exact) mass is 184 g/mol. The number of allylic oxidation sites excluding steroid dienone is 2. The summed E-state index contributed by atoms with van der Waals surface area (Å²) in [4.78, 5) is 0. The predicted molar refractivity (Wildman–Crippen MR) is 63.1 cm³/mol. The Balaban J connectivity index is 2.58. The number of hydrogen-bond acceptors (Lipinski definition) is 0. The van der Waals surface area contributed by atoms with Crippen molar-refractivity contribution < 1.29 is 0 Å². The Kier molecular flexibility index (Phi) is 2.28. The molecule has 0 saturated heterocycles. The van der Waals surface area contributed by atoms with Gasteiger partial charge >= 0.3 is 0 Å². The van der Waals surface area contributed by atoms with E-state index in [1.54, 1.807) is 0 Å². The third-order valence-corrected chi connectivity index (χ3v) is 2.86. The van der Waals surface area contributed by atoms with Gasteiger partial charge in [0.2, 0.25) is 0 Å². The van der Waals surface area contributed by atoms with Crippen LogP contribution in [0.5, 0.6) is 0 Å². The van der Waals surface area contributed by atoms with Crippen LogP contribution < -0.4 is 0 Å². The highest BCUT2D eigenvalue weighted by Gasteiger charge is 2.04. The van der Waals surface area contributed by atoms with Gasteiger partial charge in [-0.1, -0.05) is 43.4 Å². The van der Waals surface area contributed by atoms with E-state index in [1.165, 1.54) is 22.3 Å². The molecule has 14 heavy (non-hydrogen) atoms. The molecule has 0 spiro atoms. The van der Waals surface area contributed by atoms with Gasteiger partial charge in [0, 0.05) is 0 Å². The van der Waals surface area contributed by atoms with Crippen molar-refractivity contribution >= 4 is 12.2 Å². The highest BCUT2D eigenvalue weighted by atomic mass is 14.1. The van der Waals surface area contributed by atoms with E-state index in [1.807, 2.05) is 0 Å². The lowest BCUT2D eigenvalue weighted by Gasteiger charge is -2.05. The summed E-state index contributed by atoms with van der Waals surface area (Å²) in [5.74, 6) is 0.544. The minimum absolute atomic E-state index is 0.544. The summed E-state index contributed by atoms with van der Waals surface area (Å²) < 4.78 is 0. The molecule has 0 heteroatoms. The molecule has 0 aliphatic heterocycles. The molecule has 1 aromatic rings. The van der Waals surface area contributed by atoms with Gasteiger partial charge in [0.25, 0.3) is 0 Å². The van der Waals surface area contributed by atoms with Gasteiger partial charge in [-0.25, -0.2) is 0 Å². The molecule has 0 nitrogen and oxygen atoms in total. The lowest BCUT2D eigenvalue weighted by atomic mass is 10.00. The zero-order valence-corrected chi connectivity index (χ0v) is 9.04. The Hall–Kier alpha value is -1.30. The Morgan fingerprint density at radius 3 is 1.71 bits per heavy atom. The summed E-state index contributed by atoms with van der Waals surface area (Å²) in [7, 11) is 0. The van der Waals surface area contributed by atoms with E-state index < -0.39 is 0 Å². The topological polar surface area (TPSA) is 0 Å². The number of rotatable bonds is 0. The van der Waals surface area contributed by atoms with Crippen molar-refractivity contribution in [2.75, 3.05) is 0 Å². The summed E-state index contributed by atoms with van der Waals surface area (Å²) in [6.45, 7) is 6.54.